The van der Waals surface area contributed by atoms with E-state index >= 15 is 0 Å². The SMILES string of the molecule is CCCCCc1ccc(-c2ccc(-c3ccc(C=CC(F)(F)F)c(F)c3)cc2)cc1. The Labute approximate surface area is 174 Å². The molecule has 0 fully saturated rings. The molecule has 0 nitrogen and oxygen atoms in total. The molecule has 4 heteroatoms. The predicted molar refractivity (Wildman–Crippen MR) is 116 cm³/mol. The first-order chi connectivity index (χ1) is 14.4. The number of aryl methyl sites for hydroxylation is 1. The van der Waals surface area contributed by atoms with Crippen LogP contribution in [0.25, 0.3) is 28.3 Å². The average molecular weight is 412 g/mol. The van der Waals surface area contributed by atoms with Crippen LogP contribution in [0.2, 0.25) is 0 Å². The van der Waals surface area contributed by atoms with Crippen molar-refractivity contribution < 1.29 is 17.6 Å². The summed E-state index contributed by atoms with van der Waals surface area (Å²) in [6, 6.07) is 20.5. The van der Waals surface area contributed by atoms with Crippen molar-refractivity contribution in [2.45, 2.75) is 38.8 Å². The largest absolute Gasteiger partial charge is 0.409 e. The van der Waals surface area contributed by atoms with Gasteiger partial charge in [0.15, 0.2) is 0 Å². The maximum Gasteiger partial charge on any atom is 0.409 e. The molecule has 0 amide bonds. The Balaban J connectivity index is 1.72. The van der Waals surface area contributed by atoms with E-state index in [0.29, 0.717) is 5.56 Å². The van der Waals surface area contributed by atoms with Crippen molar-refractivity contribution in [2.75, 3.05) is 0 Å². The van der Waals surface area contributed by atoms with E-state index in [-0.39, 0.29) is 11.6 Å². The van der Waals surface area contributed by atoms with E-state index in [4.69, 9.17) is 0 Å². The van der Waals surface area contributed by atoms with Crippen molar-refractivity contribution in [3.8, 4) is 22.3 Å². The van der Waals surface area contributed by atoms with Crippen LogP contribution in [0.3, 0.4) is 0 Å². The molecule has 0 spiro atoms. The fourth-order valence-corrected chi connectivity index (χ4v) is 3.32. The van der Waals surface area contributed by atoms with Crippen LogP contribution >= 0.6 is 0 Å². The van der Waals surface area contributed by atoms with E-state index in [1.807, 2.05) is 24.3 Å². The fourth-order valence-electron chi connectivity index (χ4n) is 3.32. The Bertz CT molecular complexity index is 981. The summed E-state index contributed by atoms with van der Waals surface area (Å²) in [5.41, 5.74) is 4.84. The molecule has 0 bridgehead atoms. The quantitative estimate of drug-likeness (QED) is 0.270. The first-order valence-electron chi connectivity index (χ1n) is 10.1. The van der Waals surface area contributed by atoms with Gasteiger partial charge in [0.2, 0.25) is 0 Å². The van der Waals surface area contributed by atoms with E-state index in [9.17, 15) is 17.6 Å². The molecule has 30 heavy (non-hydrogen) atoms. The Morgan fingerprint density at radius 2 is 1.27 bits per heavy atom. The molecular formula is C26H24F4. The van der Waals surface area contributed by atoms with Gasteiger partial charge in [-0.25, -0.2) is 4.39 Å². The van der Waals surface area contributed by atoms with Crippen molar-refractivity contribution in [1.82, 2.24) is 0 Å². The minimum atomic E-state index is -4.46. The molecular weight excluding hydrogens is 388 g/mol. The van der Waals surface area contributed by atoms with E-state index in [0.717, 1.165) is 29.2 Å². The monoisotopic (exact) mass is 412 g/mol. The zero-order chi connectivity index (χ0) is 21.6. The minimum Gasteiger partial charge on any atom is -0.206 e. The summed E-state index contributed by atoms with van der Waals surface area (Å²) in [6.07, 6.45) is 1.06. The average Bonchev–Trinajstić information content (AvgIpc) is 2.73. The third-order valence-corrected chi connectivity index (χ3v) is 5.03. The number of hydrogen-bond acceptors (Lipinski definition) is 0. The lowest BCUT2D eigenvalue weighted by Gasteiger charge is -2.08. The standard InChI is InChI=1S/C26H24F4/c1-2-3-4-5-19-6-8-20(9-7-19)21-10-12-22(13-11-21)24-15-14-23(25(27)18-24)16-17-26(28,29)30/h6-18H,2-5H2,1H3. The topological polar surface area (TPSA) is 0 Å². The molecule has 0 N–H and O–H groups in total. The molecule has 0 radical (unpaired) electrons. The number of rotatable bonds is 7. The maximum atomic E-state index is 14.2. The molecule has 0 saturated carbocycles. The lowest BCUT2D eigenvalue weighted by atomic mass is 9.98. The third-order valence-electron chi connectivity index (χ3n) is 5.03. The van der Waals surface area contributed by atoms with Crippen molar-refractivity contribution >= 4 is 6.08 Å². The molecule has 156 valence electrons. The first-order valence-corrected chi connectivity index (χ1v) is 10.1. The summed E-state index contributed by atoms with van der Waals surface area (Å²) in [5, 5.41) is 0. The second-order valence-corrected chi connectivity index (χ2v) is 7.34. The zero-order valence-corrected chi connectivity index (χ0v) is 16.8. The molecule has 0 aliphatic rings. The van der Waals surface area contributed by atoms with Crippen molar-refractivity contribution in [1.29, 1.82) is 0 Å². The van der Waals surface area contributed by atoms with Crippen LogP contribution in [0.5, 0.6) is 0 Å². The van der Waals surface area contributed by atoms with Crippen LogP contribution in [-0.2, 0) is 6.42 Å². The highest BCUT2D eigenvalue weighted by Gasteiger charge is 2.22. The molecule has 0 atom stereocenters. The van der Waals surface area contributed by atoms with Gasteiger partial charge in [-0.3, -0.25) is 0 Å². The normalized spacial score (nSPS) is 11.9. The van der Waals surface area contributed by atoms with Gasteiger partial charge in [-0.2, -0.15) is 13.2 Å². The van der Waals surface area contributed by atoms with Crippen LogP contribution in [0.4, 0.5) is 17.6 Å². The lowest BCUT2D eigenvalue weighted by Crippen LogP contribution is -2.00. The van der Waals surface area contributed by atoms with Crippen LogP contribution in [0.1, 0.15) is 37.3 Å². The molecule has 3 aromatic rings. The van der Waals surface area contributed by atoms with Crippen LogP contribution in [0.15, 0.2) is 72.8 Å². The number of benzene rings is 3. The highest BCUT2D eigenvalue weighted by atomic mass is 19.4. The zero-order valence-electron chi connectivity index (χ0n) is 16.8. The van der Waals surface area contributed by atoms with Gasteiger partial charge in [0.25, 0.3) is 0 Å². The molecule has 0 aromatic heterocycles. The Kier molecular flexibility index (Phi) is 7.09. The number of alkyl halides is 3. The van der Waals surface area contributed by atoms with E-state index in [1.54, 1.807) is 6.07 Å². The van der Waals surface area contributed by atoms with Crippen LogP contribution in [0, 0.1) is 5.82 Å². The summed E-state index contributed by atoms with van der Waals surface area (Å²) in [4.78, 5) is 0. The molecule has 0 unspecified atom stereocenters. The van der Waals surface area contributed by atoms with Gasteiger partial charge in [0.1, 0.15) is 5.82 Å². The van der Waals surface area contributed by atoms with Crippen molar-refractivity contribution in [3.63, 3.8) is 0 Å². The van der Waals surface area contributed by atoms with E-state index in [1.165, 1.54) is 37.0 Å². The van der Waals surface area contributed by atoms with Gasteiger partial charge >= 0.3 is 6.18 Å². The van der Waals surface area contributed by atoms with Crippen LogP contribution < -0.4 is 0 Å². The number of halogens is 4. The number of unbranched alkanes of at least 4 members (excludes halogenated alkanes) is 2. The highest BCUT2D eigenvalue weighted by molar-refractivity contribution is 5.71. The maximum absolute atomic E-state index is 14.2. The lowest BCUT2D eigenvalue weighted by molar-refractivity contribution is -0.0790. The van der Waals surface area contributed by atoms with Crippen molar-refractivity contribution in [3.05, 3.63) is 89.8 Å². The predicted octanol–water partition coefficient (Wildman–Crippen LogP) is 8.47. The van der Waals surface area contributed by atoms with Gasteiger partial charge in [0, 0.05) is 11.6 Å². The van der Waals surface area contributed by atoms with E-state index < -0.39 is 12.0 Å². The minimum absolute atomic E-state index is 0.0367. The Morgan fingerprint density at radius 1 is 0.733 bits per heavy atom. The molecule has 0 saturated heterocycles. The van der Waals surface area contributed by atoms with Gasteiger partial charge in [-0.1, -0.05) is 80.4 Å². The highest BCUT2D eigenvalue weighted by Crippen LogP contribution is 2.27. The summed E-state index contributed by atoms with van der Waals surface area (Å²) < 4.78 is 51.0. The van der Waals surface area contributed by atoms with Gasteiger partial charge < -0.3 is 0 Å². The van der Waals surface area contributed by atoms with Crippen LogP contribution in [-0.4, -0.2) is 6.18 Å². The summed E-state index contributed by atoms with van der Waals surface area (Å²) in [6.45, 7) is 2.19. The number of allylic oxidation sites excluding steroid dienone is 1. The van der Waals surface area contributed by atoms with E-state index in [2.05, 4.69) is 31.2 Å². The van der Waals surface area contributed by atoms with Gasteiger partial charge in [0.05, 0.1) is 0 Å². The molecule has 3 aromatic carbocycles. The van der Waals surface area contributed by atoms with Gasteiger partial charge in [-0.05, 0) is 52.8 Å². The molecule has 3 rings (SSSR count). The third kappa shape index (κ3) is 6.06. The first kappa shape index (κ1) is 21.8. The van der Waals surface area contributed by atoms with Crippen molar-refractivity contribution in [2.24, 2.45) is 0 Å². The Morgan fingerprint density at radius 3 is 1.80 bits per heavy atom. The molecule has 0 aliphatic heterocycles. The molecule has 0 aliphatic carbocycles. The second-order valence-electron chi connectivity index (χ2n) is 7.34. The Hall–Kier alpha value is -2.88. The summed E-state index contributed by atoms with van der Waals surface area (Å²) in [7, 11) is 0. The summed E-state index contributed by atoms with van der Waals surface area (Å²) in [5.74, 6) is -0.685. The summed E-state index contributed by atoms with van der Waals surface area (Å²) >= 11 is 0. The number of hydrogen-bond donors (Lipinski definition) is 0. The molecule has 0 heterocycles. The fraction of sp³-hybridized carbons (Fsp3) is 0.231. The van der Waals surface area contributed by atoms with Gasteiger partial charge in [-0.15, -0.1) is 0 Å². The second kappa shape index (κ2) is 9.75. The smallest absolute Gasteiger partial charge is 0.206 e.